The van der Waals surface area contributed by atoms with Gasteiger partial charge in [0, 0.05) is 31.4 Å². The van der Waals surface area contributed by atoms with E-state index < -0.39 is 24.7 Å². The van der Waals surface area contributed by atoms with Crippen molar-refractivity contribution in [3.8, 4) is 11.3 Å². The standard InChI is InChI=1S/C22H20F3N5O2/c1-13(31)30(12-20(24)25)19-6-4-15(8-17(19)23)18-5-3-16(11-27-18)22(32)29-10-14-2-7-21(26)28-9-14/h2-9,11,20H,10,12H2,1H3,(H2,26,28)(H,29,32). The van der Waals surface area contributed by atoms with Gasteiger partial charge in [-0.15, -0.1) is 0 Å². The maximum Gasteiger partial charge on any atom is 0.256 e. The van der Waals surface area contributed by atoms with E-state index >= 15 is 0 Å². The van der Waals surface area contributed by atoms with Crippen LogP contribution in [0.3, 0.4) is 0 Å². The largest absolute Gasteiger partial charge is 0.384 e. The topological polar surface area (TPSA) is 101 Å². The smallest absolute Gasteiger partial charge is 0.256 e. The minimum atomic E-state index is -2.80. The Labute approximate surface area is 182 Å². The Kier molecular flexibility index (Phi) is 7.04. The average Bonchev–Trinajstić information content (AvgIpc) is 2.77. The number of alkyl halides is 2. The van der Waals surface area contributed by atoms with Gasteiger partial charge in [0.05, 0.1) is 23.5 Å². The van der Waals surface area contributed by atoms with Crippen LogP contribution in [-0.2, 0) is 11.3 Å². The Hall–Kier alpha value is -3.95. The number of amides is 2. The van der Waals surface area contributed by atoms with Gasteiger partial charge in [0.15, 0.2) is 0 Å². The number of carbonyl (C=O) groups is 2. The molecule has 0 aliphatic rings. The molecule has 0 saturated heterocycles. The van der Waals surface area contributed by atoms with Crippen molar-refractivity contribution < 1.29 is 22.8 Å². The molecule has 0 saturated carbocycles. The molecule has 32 heavy (non-hydrogen) atoms. The van der Waals surface area contributed by atoms with Crippen molar-refractivity contribution >= 4 is 23.3 Å². The Balaban J connectivity index is 1.71. The number of halogens is 3. The second-order valence-electron chi connectivity index (χ2n) is 6.89. The fraction of sp³-hybridized carbons (Fsp3) is 0.182. The van der Waals surface area contributed by atoms with Crippen molar-refractivity contribution in [2.75, 3.05) is 17.2 Å². The molecule has 0 unspecified atom stereocenters. The number of hydrogen-bond donors (Lipinski definition) is 2. The highest BCUT2D eigenvalue weighted by molar-refractivity contribution is 5.94. The molecule has 166 valence electrons. The van der Waals surface area contributed by atoms with Crippen LogP contribution in [0.2, 0.25) is 0 Å². The summed E-state index contributed by atoms with van der Waals surface area (Å²) in [5.74, 6) is -1.50. The average molecular weight is 443 g/mol. The normalized spacial score (nSPS) is 10.8. The molecule has 0 aliphatic carbocycles. The Morgan fingerprint density at radius 2 is 1.88 bits per heavy atom. The Bertz CT molecular complexity index is 1110. The van der Waals surface area contributed by atoms with Crippen molar-refractivity contribution in [2.45, 2.75) is 19.9 Å². The van der Waals surface area contributed by atoms with Crippen molar-refractivity contribution in [2.24, 2.45) is 0 Å². The van der Waals surface area contributed by atoms with Crippen LogP contribution in [0, 0.1) is 5.82 Å². The molecule has 0 radical (unpaired) electrons. The molecular weight excluding hydrogens is 423 g/mol. The van der Waals surface area contributed by atoms with E-state index in [0.717, 1.165) is 18.6 Å². The molecule has 2 aromatic heterocycles. The minimum Gasteiger partial charge on any atom is -0.384 e. The first kappa shape index (κ1) is 22.7. The molecule has 1 aromatic carbocycles. The molecule has 0 bridgehead atoms. The predicted octanol–water partition coefficient (Wildman–Crippen LogP) is 3.41. The van der Waals surface area contributed by atoms with E-state index in [-0.39, 0.29) is 18.1 Å². The third-order valence-corrected chi connectivity index (χ3v) is 4.56. The summed E-state index contributed by atoms with van der Waals surface area (Å²) in [7, 11) is 0. The number of benzene rings is 1. The van der Waals surface area contributed by atoms with Crippen molar-refractivity contribution in [1.82, 2.24) is 15.3 Å². The van der Waals surface area contributed by atoms with Gasteiger partial charge in [-0.3, -0.25) is 14.6 Å². The van der Waals surface area contributed by atoms with Gasteiger partial charge < -0.3 is 16.0 Å². The number of nitrogens with one attached hydrogen (secondary N) is 1. The molecule has 2 heterocycles. The number of nitrogen functional groups attached to an aromatic ring is 1. The lowest BCUT2D eigenvalue weighted by molar-refractivity contribution is -0.117. The number of rotatable bonds is 7. The summed E-state index contributed by atoms with van der Waals surface area (Å²) in [5.41, 5.74) is 7.10. The quantitative estimate of drug-likeness (QED) is 0.583. The van der Waals surface area contributed by atoms with Crippen LogP contribution in [-0.4, -0.2) is 34.8 Å². The highest BCUT2D eigenvalue weighted by Crippen LogP contribution is 2.26. The molecule has 0 aliphatic heterocycles. The van der Waals surface area contributed by atoms with Crippen LogP contribution in [0.25, 0.3) is 11.3 Å². The zero-order valence-electron chi connectivity index (χ0n) is 17.1. The summed E-state index contributed by atoms with van der Waals surface area (Å²) in [6.45, 7) is 0.441. The molecule has 3 rings (SSSR count). The number of aromatic nitrogens is 2. The monoisotopic (exact) mass is 443 g/mol. The third kappa shape index (κ3) is 5.60. The first-order chi connectivity index (χ1) is 15.2. The molecule has 3 N–H and O–H groups in total. The number of carbonyl (C=O) groups excluding carboxylic acids is 2. The van der Waals surface area contributed by atoms with Crippen LogP contribution < -0.4 is 16.0 Å². The predicted molar refractivity (Wildman–Crippen MR) is 113 cm³/mol. The highest BCUT2D eigenvalue weighted by atomic mass is 19.3. The van der Waals surface area contributed by atoms with Gasteiger partial charge in [-0.25, -0.2) is 18.2 Å². The number of nitrogens with two attached hydrogens (primary N) is 1. The summed E-state index contributed by atoms with van der Waals surface area (Å²) in [6, 6.07) is 10.3. The molecule has 2 amide bonds. The van der Waals surface area contributed by atoms with E-state index in [1.807, 2.05) is 0 Å². The zero-order chi connectivity index (χ0) is 23.3. The molecular formula is C22H20F3N5O2. The third-order valence-electron chi connectivity index (χ3n) is 4.56. The molecule has 7 nitrogen and oxygen atoms in total. The van der Waals surface area contributed by atoms with Crippen molar-refractivity contribution in [3.63, 3.8) is 0 Å². The summed E-state index contributed by atoms with van der Waals surface area (Å²) in [6.07, 6.45) is 0.106. The maximum atomic E-state index is 14.5. The van der Waals surface area contributed by atoms with Gasteiger partial charge in [0.2, 0.25) is 5.91 Å². The van der Waals surface area contributed by atoms with Crippen molar-refractivity contribution in [1.29, 1.82) is 0 Å². The highest BCUT2D eigenvalue weighted by Gasteiger charge is 2.20. The van der Waals surface area contributed by atoms with E-state index in [2.05, 4.69) is 15.3 Å². The first-order valence-electron chi connectivity index (χ1n) is 9.55. The zero-order valence-corrected chi connectivity index (χ0v) is 17.1. The molecule has 3 aromatic rings. The fourth-order valence-corrected chi connectivity index (χ4v) is 2.94. The summed E-state index contributed by atoms with van der Waals surface area (Å²) >= 11 is 0. The Morgan fingerprint density at radius 3 is 2.44 bits per heavy atom. The van der Waals surface area contributed by atoms with E-state index in [1.165, 1.54) is 30.5 Å². The SMILES string of the molecule is CC(=O)N(CC(F)F)c1ccc(-c2ccc(C(=O)NCc3ccc(N)nc3)cn2)cc1F. The molecule has 0 atom stereocenters. The van der Waals surface area contributed by atoms with Gasteiger partial charge in [-0.2, -0.15) is 0 Å². The fourth-order valence-electron chi connectivity index (χ4n) is 2.94. The molecule has 10 heteroatoms. The van der Waals surface area contributed by atoms with Crippen molar-refractivity contribution in [3.05, 3.63) is 71.8 Å². The van der Waals surface area contributed by atoms with Crippen LogP contribution in [0.5, 0.6) is 0 Å². The summed E-state index contributed by atoms with van der Waals surface area (Å²) in [4.78, 5) is 32.7. The first-order valence-corrected chi connectivity index (χ1v) is 9.55. The lowest BCUT2D eigenvalue weighted by Crippen LogP contribution is -2.33. The van der Waals surface area contributed by atoms with E-state index in [4.69, 9.17) is 5.73 Å². The van der Waals surface area contributed by atoms with Gasteiger partial charge in [-0.1, -0.05) is 12.1 Å². The summed E-state index contributed by atoms with van der Waals surface area (Å²) < 4.78 is 40.0. The maximum absolute atomic E-state index is 14.5. The number of pyridine rings is 2. The second-order valence-corrected chi connectivity index (χ2v) is 6.89. The number of anilines is 2. The molecule has 0 spiro atoms. The van der Waals surface area contributed by atoms with Gasteiger partial charge in [0.25, 0.3) is 12.3 Å². The molecule has 0 fully saturated rings. The van der Waals surface area contributed by atoms with Crippen LogP contribution in [0.4, 0.5) is 24.7 Å². The van der Waals surface area contributed by atoms with Gasteiger partial charge in [0.1, 0.15) is 11.6 Å². The van der Waals surface area contributed by atoms with E-state index in [9.17, 15) is 22.8 Å². The Morgan fingerprint density at radius 1 is 1.09 bits per heavy atom. The van der Waals surface area contributed by atoms with Crippen LogP contribution >= 0.6 is 0 Å². The number of nitrogens with zero attached hydrogens (tertiary/aromatic N) is 3. The summed E-state index contributed by atoms with van der Waals surface area (Å²) in [5, 5.41) is 2.73. The minimum absolute atomic E-state index is 0.241. The second kappa shape index (κ2) is 9.90. The van der Waals surface area contributed by atoms with E-state index in [1.54, 1.807) is 18.3 Å². The van der Waals surface area contributed by atoms with Gasteiger partial charge >= 0.3 is 0 Å². The lowest BCUT2D eigenvalue weighted by Gasteiger charge is -2.21. The van der Waals surface area contributed by atoms with Gasteiger partial charge in [-0.05, 0) is 35.9 Å². The lowest BCUT2D eigenvalue weighted by atomic mass is 10.1. The van der Waals surface area contributed by atoms with Crippen LogP contribution in [0.1, 0.15) is 22.8 Å². The van der Waals surface area contributed by atoms with E-state index in [0.29, 0.717) is 27.5 Å². The number of hydrogen-bond acceptors (Lipinski definition) is 5. The van der Waals surface area contributed by atoms with Crippen LogP contribution in [0.15, 0.2) is 54.9 Å².